The van der Waals surface area contributed by atoms with E-state index in [1.807, 2.05) is 0 Å². The highest BCUT2D eigenvalue weighted by Crippen LogP contribution is 2.17. The van der Waals surface area contributed by atoms with E-state index in [9.17, 15) is 27.6 Å². The number of halogens is 3. The molecule has 0 rings (SSSR count). The van der Waals surface area contributed by atoms with Gasteiger partial charge in [0, 0.05) is 5.57 Å². The quantitative estimate of drug-likeness (QED) is 0.313. The zero-order valence-electron chi connectivity index (χ0n) is 9.50. The molecular weight excluding hydrogens is 257 g/mol. The van der Waals surface area contributed by atoms with Gasteiger partial charge in [-0.1, -0.05) is 6.58 Å². The van der Waals surface area contributed by atoms with E-state index >= 15 is 0 Å². The van der Waals surface area contributed by atoms with Crippen LogP contribution in [0.1, 0.15) is 13.3 Å². The summed E-state index contributed by atoms with van der Waals surface area (Å²) in [4.78, 5) is 32.0. The van der Waals surface area contributed by atoms with Gasteiger partial charge in [-0.15, -0.1) is 0 Å². The second-order valence-corrected chi connectivity index (χ2v) is 3.23. The highest BCUT2D eigenvalue weighted by Gasteiger charge is 2.39. The maximum atomic E-state index is 11.8. The van der Waals surface area contributed by atoms with Crippen molar-refractivity contribution < 1.29 is 37.0 Å². The highest BCUT2D eigenvalue weighted by atomic mass is 19.4. The molecule has 0 unspecified atom stereocenters. The first-order valence-corrected chi connectivity index (χ1v) is 4.73. The molecule has 0 fully saturated rings. The van der Waals surface area contributed by atoms with E-state index < -0.39 is 36.9 Å². The minimum Gasteiger partial charge on any atom is -0.462 e. The molecule has 0 amide bonds. The molecule has 0 heterocycles. The van der Waals surface area contributed by atoms with Gasteiger partial charge < -0.3 is 9.47 Å². The monoisotopic (exact) mass is 268 g/mol. The van der Waals surface area contributed by atoms with Crippen molar-refractivity contribution in [3.05, 3.63) is 12.2 Å². The van der Waals surface area contributed by atoms with Crippen LogP contribution in [0.15, 0.2) is 12.2 Å². The predicted octanol–water partition coefficient (Wildman–Crippen LogP) is 1.17. The second-order valence-electron chi connectivity index (χ2n) is 3.23. The fourth-order valence-electron chi connectivity index (χ4n) is 0.695. The lowest BCUT2D eigenvalue weighted by molar-refractivity contribution is -0.175. The summed E-state index contributed by atoms with van der Waals surface area (Å²) in [6.07, 6.45) is -6.45. The second kappa shape index (κ2) is 6.77. The molecular formula is C10H11F3O5. The van der Waals surface area contributed by atoms with Gasteiger partial charge in [-0.2, -0.15) is 13.2 Å². The van der Waals surface area contributed by atoms with Crippen LogP contribution in [0.5, 0.6) is 0 Å². The molecule has 0 saturated heterocycles. The number of hydrogen-bond acceptors (Lipinski definition) is 5. The Morgan fingerprint density at radius 3 is 2.06 bits per heavy atom. The molecule has 0 bridgehead atoms. The standard InChI is InChI=1S/C10H11F3O5/c1-6(2)9(16)18-4-3-17-8(15)5-7(14)10(11,12)13/h1,3-5H2,2H3. The van der Waals surface area contributed by atoms with E-state index in [-0.39, 0.29) is 12.2 Å². The Balaban J connectivity index is 3.83. The van der Waals surface area contributed by atoms with Crippen molar-refractivity contribution in [1.82, 2.24) is 0 Å². The van der Waals surface area contributed by atoms with Crippen LogP contribution in [0, 0.1) is 0 Å². The summed E-state index contributed by atoms with van der Waals surface area (Å²) >= 11 is 0. The Morgan fingerprint density at radius 2 is 1.61 bits per heavy atom. The van der Waals surface area contributed by atoms with Crippen molar-refractivity contribution in [1.29, 1.82) is 0 Å². The molecule has 0 aromatic rings. The number of carbonyl (C=O) groups is 3. The molecule has 0 radical (unpaired) electrons. The van der Waals surface area contributed by atoms with E-state index in [0.717, 1.165) is 0 Å². The van der Waals surface area contributed by atoms with Crippen LogP contribution in [0.4, 0.5) is 13.2 Å². The molecule has 0 aromatic carbocycles. The number of esters is 2. The van der Waals surface area contributed by atoms with Crippen LogP contribution in [0.25, 0.3) is 0 Å². The van der Waals surface area contributed by atoms with Crippen LogP contribution >= 0.6 is 0 Å². The summed E-state index contributed by atoms with van der Waals surface area (Å²) in [5, 5.41) is 0. The smallest absolute Gasteiger partial charge is 0.450 e. The van der Waals surface area contributed by atoms with Gasteiger partial charge >= 0.3 is 18.1 Å². The Labute approximate surface area is 101 Å². The Kier molecular flexibility index (Phi) is 6.07. The lowest BCUT2D eigenvalue weighted by Crippen LogP contribution is -2.26. The van der Waals surface area contributed by atoms with Crippen molar-refractivity contribution >= 4 is 17.7 Å². The topological polar surface area (TPSA) is 69.7 Å². The van der Waals surface area contributed by atoms with Crippen molar-refractivity contribution in [2.75, 3.05) is 13.2 Å². The van der Waals surface area contributed by atoms with Gasteiger partial charge in [-0.05, 0) is 6.92 Å². The van der Waals surface area contributed by atoms with Crippen molar-refractivity contribution in [2.24, 2.45) is 0 Å². The van der Waals surface area contributed by atoms with E-state index in [2.05, 4.69) is 16.1 Å². The fourth-order valence-corrected chi connectivity index (χ4v) is 0.695. The molecule has 8 heteroatoms. The number of alkyl halides is 3. The first kappa shape index (κ1) is 16.1. The largest absolute Gasteiger partial charge is 0.462 e. The van der Waals surface area contributed by atoms with Gasteiger partial charge in [0.2, 0.25) is 5.78 Å². The summed E-state index contributed by atoms with van der Waals surface area (Å²) in [5.74, 6) is -4.23. The minimum absolute atomic E-state index is 0.133. The molecule has 0 aromatic heterocycles. The molecule has 0 aliphatic rings. The summed E-state index contributed by atoms with van der Waals surface area (Å²) in [6.45, 7) is 3.93. The summed E-state index contributed by atoms with van der Waals surface area (Å²) < 4.78 is 44.0. The first-order chi connectivity index (χ1) is 8.14. The number of carbonyl (C=O) groups excluding carboxylic acids is 3. The molecule has 5 nitrogen and oxygen atoms in total. The Morgan fingerprint density at radius 1 is 1.11 bits per heavy atom. The van der Waals surface area contributed by atoms with Crippen molar-refractivity contribution in [2.45, 2.75) is 19.5 Å². The average molecular weight is 268 g/mol. The maximum Gasteiger partial charge on any atom is 0.450 e. The van der Waals surface area contributed by atoms with Gasteiger partial charge in [0.05, 0.1) is 0 Å². The van der Waals surface area contributed by atoms with Crippen LogP contribution < -0.4 is 0 Å². The predicted molar refractivity (Wildman–Crippen MR) is 52.4 cm³/mol. The van der Waals surface area contributed by atoms with Gasteiger partial charge in [0.1, 0.15) is 19.6 Å². The highest BCUT2D eigenvalue weighted by molar-refractivity contribution is 5.98. The van der Waals surface area contributed by atoms with Gasteiger partial charge in [-0.3, -0.25) is 9.59 Å². The summed E-state index contributed by atoms with van der Waals surface area (Å²) in [7, 11) is 0. The lowest BCUT2D eigenvalue weighted by Gasteiger charge is -2.07. The number of hydrogen-bond donors (Lipinski definition) is 0. The van der Waals surface area contributed by atoms with E-state index in [4.69, 9.17) is 0 Å². The third-order valence-corrected chi connectivity index (χ3v) is 1.55. The van der Waals surface area contributed by atoms with Gasteiger partial charge in [0.15, 0.2) is 0 Å². The third-order valence-electron chi connectivity index (χ3n) is 1.55. The molecule has 0 atom stereocenters. The zero-order valence-corrected chi connectivity index (χ0v) is 9.50. The first-order valence-electron chi connectivity index (χ1n) is 4.73. The van der Waals surface area contributed by atoms with Crippen LogP contribution in [-0.2, 0) is 23.9 Å². The number of ketones is 1. The number of Topliss-reactive ketones (excluding diaryl/α,β-unsaturated/α-hetero) is 1. The maximum absolute atomic E-state index is 11.8. The van der Waals surface area contributed by atoms with Crippen molar-refractivity contribution in [3.63, 3.8) is 0 Å². The molecule has 0 N–H and O–H groups in total. The summed E-state index contributed by atoms with van der Waals surface area (Å²) in [6, 6.07) is 0. The SMILES string of the molecule is C=C(C)C(=O)OCCOC(=O)CC(=O)C(F)(F)F. The molecule has 0 aliphatic carbocycles. The lowest BCUT2D eigenvalue weighted by atomic mass is 10.3. The molecule has 0 spiro atoms. The molecule has 0 aliphatic heterocycles. The third kappa shape index (κ3) is 6.66. The number of ether oxygens (including phenoxy) is 2. The zero-order chi connectivity index (χ0) is 14.3. The molecule has 18 heavy (non-hydrogen) atoms. The van der Waals surface area contributed by atoms with Crippen LogP contribution in [-0.4, -0.2) is 37.1 Å². The molecule has 102 valence electrons. The fraction of sp³-hybridized carbons (Fsp3) is 0.500. The van der Waals surface area contributed by atoms with Gasteiger partial charge in [0.25, 0.3) is 0 Å². The minimum atomic E-state index is -5.06. The van der Waals surface area contributed by atoms with Crippen molar-refractivity contribution in [3.8, 4) is 0 Å². The average Bonchev–Trinajstić information content (AvgIpc) is 2.22. The Bertz CT molecular complexity index is 359. The van der Waals surface area contributed by atoms with Crippen LogP contribution in [0.2, 0.25) is 0 Å². The van der Waals surface area contributed by atoms with E-state index in [1.165, 1.54) is 6.92 Å². The van der Waals surface area contributed by atoms with E-state index in [0.29, 0.717) is 0 Å². The van der Waals surface area contributed by atoms with E-state index in [1.54, 1.807) is 0 Å². The number of rotatable bonds is 6. The van der Waals surface area contributed by atoms with Gasteiger partial charge in [-0.25, -0.2) is 4.79 Å². The van der Waals surface area contributed by atoms with Crippen LogP contribution in [0.3, 0.4) is 0 Å². The molecule has 0 saturated carbocycles. The Hall–Kier alpha value is -1.86. The summed E-state index contributed by atoms with van der Waals surface area (Å²) in [5.41, 5.74) is 0.133. The normalized spacial score (nSPS) is 10.7.